The molecule has 0 aromatic carbocycles. The van der Waals surface area contributed by atoms with Crippen molar-refractivity contribution in [3.8, 4) is 0 Å². The molecule has 14 heavy (non-hydrogen) atoms. The number of nitrogen functional groups attached to an aromatic ring is 1. The molecule has 1 atom stereocenters. The molecule has 5 N–H and O–H groups in total. The molecule has 0 bridgehead atoms. The fourth-order valence-electron chi connectivity index (χ4n) is 1.16. The van der Waals surface area contributed by atoms with E-state index in [2.05, 4.69) is 10.4 Å². The molecule has 1 heterocycles. The van der Waals surface area contributed by atoms with Gasteiger partial charge in [-0.15, -0.1) is 0 Å². The number of anilines is 2. The van der Waals surface area contributed by atoms with E-state index < -0.39 is 6.10 Å². The van der Waals surface area contributed by atoms with E-state index in [1.54, 1.807) is 4.68 Å². The molecule has 6 nitrogen and oxygen atoms in total. The minimum Gasteiger partial charge on any atom is -0.394 e. The van der Waals surface area contributed by atoms with Crippen LogP contribution in [0.15, 0.2) is 6.20 Å². The van der Waals surface area contributed by atoms with Crippen LogP contribution in [-0.4, -0.2) is 39.2 Å². The Labute approximate surface area is 82.3 Å². The molecule has 0 saturated heterocycles. The highest BCUT2D eigenvalue weighted by atomic mass is 16.3. The van der Waals surface area contributed by atoms with Crippen LogP contribution in [0.25, 0.3) is 0 Å². The van der Waals surface area contributed by atoms with Gasteiger partial charge in [0.05, 0.1) is 31.1 Å². The summed E-state index contributed by atoms with van der Waals surface area (Å²) in [5.74, 6) is 0.681. The first-order valence-electron chi connectivity index (χ1n) is 4.53. The highest BCUT2D eigenvalue weighted by Crippen LogP contribution is 2.17. The van der Waals surface area contributed by atoms with Gasteiger partial charge in [-0.25, -0.2) is 4.68 Å². The van der Waals surface area contributed by atoms with E-state index in [0.29, 0.717) is 11.5 Å². The van der Waals surface area contributed by atoms with Crippen molar-refractivity contribution in [2.45, 2.75) is 19.6 Å². The molecule has 0 aliphatic rings. The standard InChI is InChI=1S/C8H16N4O2/c1-2-10-8-7(9)3-11-12(8)4-6(14)5-13/h3,6,10,13-14H,2,4-5,9H2,1H3. The highest BCUT2D eigenvalue weighted by molar-refractivity contribution is 5.60. The van der Waals surface area contributed by atoms with E-state index in [1.807, 2.05) is 6.92 Å². The minimum absolute atomic E-state index is 0.232. The van der Waals surface area contributed by atoms with Gasteiger partial charge in [0, 0.05) is 6.54 Å². The minimum atomic E-state index is -0.813. The van der Waals surface area contributed by atoms with Crippen molar-refractivity contribution in [2.24, 2.45) is 0 Å². The molecule has 1 unspecified atom stereocenters. The monoisotopic (exact) mass is 200 g/mol. The molecule has 1 rings (SSSR count). The normalized spacial score (nSPS) is 12.8. The Morgan fingerprint density at radius 3 is 3.00 bits per heavy atom. The van der Waals surface area contributed by atoms with E-state index in [-0.39, 0.29) is 13.2 Å². The molecule has 80 valence electrons. The van der Waals surface area contributed by atoms with Gasteiger partial charge in [-0.3, -0.25) is 0 Å². The van der Waals surface area contributed by atoms with Crippen molar-refractivity contribution in [2.75, 3.05) is 24.2 Å². The molecule has 1 aromatic heterocycles. The second kappa shape index (κ2) is 4.83. The van der Waals surface area contributed by atoms with Gasteiger partial charge < -0.3 is 21.3 Å². The van der Waals surface area contributed by atoms with Gasteiger partial charge >= 0.3 is 0 Å². The summed E-state index contributed by atoms with van der Waals surface area (Å²) in [6.07, 6.45) is 0.703. The molecule has 0 fully saturated rings. The van der Waals surface area contributed by atoms with Gasteiger partial charge in [-0.05, 0) is 6.92 Å². The number of aromatic nitrogens is 2. The summed E-state index contributed by atoms with van der Waals surface area (Å²) in [5, 5.41) is 24.9. The van der Waals surface area contributed by atoms with E-state index in [4.69, 9.17) is 10.8 Å². The summed E-state index contributed by atoms with van der Waals surface area (Å²) in [6.45, 7) is 2.62. The van der Waals surface area contributed by atoms with Gasteiger partial charge in [0.1, 0.15) is 5.82 Å². The number of nitrogens with zero attached hydrogens (tertiary/aromatic N) is 2. The first-order chi connectivity index (χ1) is 6.69. The average Bonchev–Trinajstić information content (AvgIpc) is 2.50. The van der Waals surface area contributed by atoms with Crippen molar-refractivity contribution >= 4 is 11.5 Å². The molecule has 0 aliphatic heterocycles. The largest absolute Gasteiger partial charge is 0.394 e. The molecule has 0 aliphatic carbocycles. The molecule has 0 amide bonds. The summed E-state index contributed by atoms with van der Waals surface area (Å²) in [5.41, 5.74) is 6.19. The van der Waals surface area contributed by atoms with Crippen molar-refractivity contribution in [3.05, 3.63) is 6.20 Å². The Morgan fingerprint density at radius 1 is 1.71 bits per heavy atom. The quantitative estimate of drug-likeness (QED) is 0.501. The van der Waals surface area contributed by atoms with Crippen LogP contribution in [0, 0.1) is 0 Å². The van der Waals surface area contributed by atoms with Gasteiger partial charge in [-0.2, -0.15) is 5.10 Å². The lowest BCUT2D eigenvalue weighted by atomic mass is 10.4. The Bertz CT molecular complexity index is 287. The number of rotatable bonds is 5. The number of nitrogens with two attached hydrogens (primary N) is 1. The summed E-state index contributed by atoms with van der Waals surface area (Å²) in [7, 11) is 0. The second-order valence-corrected chi connectivity index (χ2v) is 3.00. The third-order valence-electron chi connectivity index (χ3n) is 1.81. The molecule has 0 saturated carbocycles. The van der Waals surface area contributed by atoms with Crippen molar-refractivity contribution < 1.29 is 10.2 Å². The molecule has 0 radical (unpaired) electrons. The Hall–Kier alpha value is -1.27. The predicted octanol–water partition coefficient (Wildman–Crippen LogP) is -0.750. The van der Waals surface area contributed by atoms with Crippen LogP contribution in [0.2, 0.25) is 0 Å². The molecule has 0 spiro atoms. The Kier molecular flexibility index (Phi) is 3.73. The number of hydrogen-bond donors (Lipinski definition) is 4. The van der Waals surface area contributed by atoms with Crippen LogP contribution in [-0.2, 0) is 6.54 Å². The van der Waals surface area contributed by atoms with Crippen LogP contribution >= 0.6 is 0 Å². The van der Waals surface area contributed by atoms with Crippen molar-refractivity contribution in [1.29, 1.82) is 0 Å². The van der Waals surface area contributed by atoms with E-state index >= 15 is 0 Å². The van der Waals surface area contributed by atoms with Crippen LogP contribution < -0.4 is 11.1 Å². The van der Waals surface area contributed by atoms with Crippen LogP contribution in [0.4, 0.5) is 11.5 Å². The highest BCUT2D eigenvalue weighted by Gasteiger charge is 2.10. The zero-order valence-corrected chi connectivity index (χ0v) is 8.14. The number of nitrogens with one attached hydrogen (secondary N) is 1. The maximum absolute atomic E-state index is 9.23. The topological polar surface area (TPSA) is 96.3 Å². The maximum Gasteiger partial charge on any atom is 0.147 e. The second-order valence-electron chi connectivity index (χ2n) is 3.00. The van der Waals surface area contributed by atoms with Gasteiger partial charge in [0.2, 0.25) is 0 Å². The molecule has 1 aromatic rings. The van der Waals surface area contributed by atoms with E-state index in [0.717, 1.165) is 6.54 Å². The van der Waals surface area contributed by atoms with Gasteiger partial charge in [0.15, 0.2) is 0 Å². The van der Waals surface area contributed by atoms with Crippen LogP contribution in [0.5, 0.6) is 0 Å². The van der Waals surface area contributed by atoms with Crippen LogP contribution in [0.3, 0.4) is 0 Å². The molecule has 6 heteroatoms. The fourth-order valence-corrected chi connectivity index (χ4v) is 1.16. The lowest BCUT2D eigenvalue weighted by Crippen LogP contribution is -2.22. The molecular formula is C8H16N4O2. The van der Waals surface area contributed by atoms with Gasteiger partial charge in [0.25, 0.3) is 0 Å². The first kappa shape index (κ1) is 10.8. The zero-order chi connectivity index (χ0) is 10.6. The average molecular weight is 200 g/mol. The Balaban J connectivity index is 2.75. The molecular weight excluding hydrogens is 184 g/mol. The lowest BCUT2D eigenvalue weighted by molar-refractivity contribution is 0.0788. The zero-order valence-electron chi connectivity index (χ0n) is 8.14. The van der Waals surface area contributed by atoms with Crippen molar-refractivity contribution in [3.63, 3.8) is 0 Å². The maximum atomic E-state index is 9.23. The predicted molar refractivity (Wildman–Crippen MR) is 53.9 cm³/mol. The van der Waals surface area contributed by atoms with E-state index in [1.165, 1.54) is 6.20 Å². The fraction of sp³-hybridized carbons (Fsp3) is 0.625. The number of aliphatic hydroxyl groups is 2. The lowest BCUT2D eigenvalue weighted by Gasteiger charge is -2.11. The van der Waals surface area contributed by atoms with Gasteiger partial charge in [-0.1, -0.05) is 0 Å². The summed E-state index contributed by atoms with van der Waals surface area (Å²) < 4.78 is 1.54. The summed E-state index contributed by atoms with van der Waals surface area (Å²) in [6, 6.07) is 0. The third kappa shape index (κ3) is 2.36. The summed E-state index contributed by atoms with van der Waals surface area (Å²) >= 11 is 0. The third-order valence-corrected chi connectivity index (χ3v) is 1.81. The first-order valence-corrected chi connectivity index (χ1v) is 4.53. The number of hydrogen-bond acceptors (Lipinski definition) is 5. The SMILES string of the molecule is CCNc1c(N)cnn1CC(O)CO. The van der Waals surface area contributed by atoms with Crippen LogP contribution in [0.1, 0.15) is 6.92 Å². The number of aliphatic hydroxyl groups excluding tert-OH is 2. The Morgan fingerprint density at radius 2 is 2.43 bits per heavy atom. The van der Waals surface area contributed by atoms with Crippen molar-refractivity contribution in [1.82, 2.24) is 9.78 Å². The smallest absolute Gasteiger partial charge is 0.147 e. The summed E-state index contributed by atoms with van der Waals surface area (Å²) in [4.78, 5) is 0. The van der Waals surface area contributed by atoms with E-state index in [9.17, 15) is 5.11 Å².